The van der Waals surface area contributed by atoms with Crippen LogP contribution in [0.3, 0.4) is 0 Å². The molecule has 0 fully saturated rings. The van der Waals surface area contributed by atoms with Gasteiger partial charge in [-0.25, -0.2) is 4.68 Å². The van der Waals surface area contributed by atoms with Crippen molar-refractivity contribution in [1.82, 2.24) is 20.1 Å². The van der Waals surface area contributed by atoms with Gasteiger partial charge in [0.2, 0.25) is 0 Å². The fourth-order valence-corrected chi connectivity index (χ4v) is 4.61. The Labute approximate surface area is 214 Å². The predicted octanol–water partition coefficient (Wildman–Crippen LogP) is 4.15. The molecule has 4 aromatic rings. The summed E-state index contributed by atoms with van der Waals surface area (Å²) in [7, 11) is 1.51. The number of fused-ring (bicyclic) bond motifs is 2. The molecule has 2 aromatic carbocycles. The first kappa shape index (κ1) is 24.1. The fourth-order valence-electron chi connectivity index (χ4n) is 4.61. The molecule has 0 unspecified atom stereocenters. The van der Waals surface area contributed by atoms with E-state index in [9.17, 15) is 9.59 Å². The number of nitrogens with two attached hydrogens (primary N) is 1. The quantitative estimate of drug-likeness (QED) is 0.368. The molecule has 9 heteroatoms. The summed E-state index contributed by atoms with van der Waals surface area (Å²) in [6.45, 7) is 4.58. The number of aryl methyl sites for hydroxylation is 3. The van der Waals surface area contributed by atoms with E-state index in [0.29, 0.717) is 34.9 Å². The highest BCUT2D eigenvalue weighted by Crippen LogP contribution is 2.35. The number of nitrogens with zero attached hydrogens (tertiary/aromatic N) is 3. The van der Waals surface area contributed by atoms with Crippen LogP contribution in [0.2, 0.25) is 0 Å². The van der Waals surface area contributed by atoms with E-state index in [1.807, 2.05) is 48.0 Å². The second-order valence-electron chi connectivity index (χ2n) is 9.09. The van der Waals surface area contributed by atoms with Gasteiger partial charge < -0.3 is 21.1 Å². The minimum Gasteiger partial charge on any atom is -0.496 e. The standard InChI is InChI=1S/C28H28N6O3/c1-16-4-9-22-20(14-16)11-13-34-27(32-22)24(26(29)35)25(33-34)19-7-5-18(6-8-19)17(2)31-28(36)21-15-30-12-10-23(21)37-3/h4-10,12,14-15,17,32H,11,13H2,1-3H3,(H2,29,35)(H,31,36)/t17-/m1/s1. The Balaban J connectivity index is 1.40. The van der Waals surface area contributed by atoms with E-state index in [1.165, 1.54) is 24.4 Å². The van der Waals surface area contributed by atoms with Crippen LogP contribution >= 0.6 is 0 Å². The van der Waals surface area contributed by atoms with Gasteiger partial charge >= 0.3 is 0 Å². The topological polar surface area (TPSA) is 124 Å². The summed E-state index contributed by atoms with van der Waals surface area (Å²) in [6.07, 6.45) is 3.84. The van der Waals surface area contributed by atoms with Gasteiger partial charge in [0.15, 0.2) is 0 Å². The lowest BCUT2D eigenvalue weighted by molar-refractivity contribution is 0.0935. The smallest absolute Gasteiger partial charge is 0.257 e. The molecule has 1 aliphatic heterocycles. The van der Waals surface area contributed by atoms with Crippen molar-refractivity contribution < 1.29 is 14.3 Å². The highest BCUT2D eigenvalue weighted by Gasteiger charge is 2.26. The number of pyridine rings is 1. The van der Waals surface area contributed by atoms with E-state index in [2.05, 4.69) is 28.6 Å². The maximum Gasteiger partial charge on any atom is 0.257 e. The molecule has 0 saturated carbocycles. The Morgan fingerprint density at radius 2 is 1.95 bits per heavy atom. The Kier molecular flexibility index (Phi) is 6.35. The van der Waals surface area contributed by atoms with Crippen molar-refractivity contribution in [3.05, 3.63) is 88.7 Å². The number of anilines is 2. The number of benzene rings is 2. The molecule has 0 spiro atoms. The van der Waals surface area contributed by atoms with Gasteiger partial charge in [-0.05, 0) is 43.5 Å². The first-order valence-electron chi connectivity index (χ1n) is 12.0. The van der Waals surface area contributed by atoms with Crippen LogP contribution in [0.15, 0.2) is 60.9 Å². The average molecular weight is 497 g/mol. The van der Waals surface area contributed by atoms with Crippen LogP contribution in [0.5, 0.6) is 5.75 Å². The van der Waals surface area contributed by atoms with Crippen molar-refractivity contribution in [2.75, 3.05) is 12.4 Å². The second kappa shape index (κ2) is 9.77. The zero-order chi connectivity index (χ0) is 26.1. The minimum absolute atomic E-state index is 0.276. The maximum absolute atomic E-state index is 12.8. The van der Waals surface area contributed by atoms with E-state index in [4.69, 9.17) is 15.6 Å². The number of methoxy groups -OCH3 is 1. The number of ether oxygens (including phenoxy) is 1. The highest BCUT2D eigenvalue weighted by molar-refractivity contribution is 6.04. The summed E-state index contributed by atoms with van der Waals surface area (Å²) >= 11 is 0. The molecule has 0 bridgehead atoms. The third kappa shape index (κ3) is 4.63. The van der Waals surface area contributed by atoms with E-state index >= 15 is 0 Å². The van der Waals surface area contributed by atoms with Gasteiger partial charge in [0.05, 0.1) is 18.7 Å². The number of rotatable bonds is 6. The summed E-state index contributed by atoms with van der Waals surface area (Å²) in [6, 6.07) is 15.1. The van der Waals surface area contributed by atoms with Crippen molar-refractivity contribution in [2.24, 2.45) is 5.73 Å². The number of carbonyl (C=O) groups is 2. The third-order valence-corrected chi connectivity index (χ3v) is 6.58. The summed E-state index contributed by atoms with van der Waals surface area (Å²) < 4.78 is 7.07. The Bertz CT molecular complexity index is 1490. The van der Waals surface area contributed by atoms with Gasteiger partial charge in [-0.2, -0.15) is 5.10 Å². The Hall–Kier alpha value is -4.66. The van der Waals surface area contributed by atoms with Gasteiger partial charge in [0, 0.05) is 30.2 Å². The van der Waals surface area contributed by atoms with Gasteiger partial charge in [-0.15, -0.1) is 0 Å². The number of amides is 2. The van der Waals surface area contributed by atoms with Crippen LogP contribution in [0, 0.1) is 6.92 Å². The Morgan fingerprint density at radius 3 is 2.68 bits per heavy atom. The molecular weight excluding hydrogens is 468 g/mol. The molecule has 0 aliphatic carbocycles. The molecule has 1 aliphatic rings. The highest BCUT2D eigenvalue weighted by atomic mass is 16.5. The molecule has 4 N–H and O–H groups in total. The fraction of sp³-hybridized carbons (Fsp3) is 0.214. The van der Waals surface area contributed by atoms with Gasteiger partial charge in [0.1, 0.15) is 22.8 Å². The molecule has 188 valence electrons. The lowest BCUT2D eigenvalue weighted by atomic mass is 10.0. The second-order valence-corrected chi connectivity index (χ2v) is 9.09. The third-order valence-electron chi connectivity index (χ3n) is 6.58. The van der Waals surface area contributed by atoms with Crippen LogP contribution in [-0.4, -0.2) is 33.7 Å². The number of hydrogen-bond donors (Lipinski definition) is 3. The number of hydrogen-bond acceptors (Lipinski definition) is 6. The number of carbonyl (C=O) groups excluding carboxylic acids is 2. The number of primary amides is 1. The van der Waals surface area contributed by atoms with Gasteiger partial charge in [-0.3, -0.25) is 14.6 Å². The first-order valence-corrected chi connectivity index (χ1v) is 12.0. The minimum atomic E-state index is -0.547. The van der Waals surface area contributed by atoms with Gasteiger partial charge in [-0.1, -0.05) is 42.0 Å². The lowest BCUT2D eigenvalue weighted by Crippen LogP contribution is -2.27. The zero-order valence-corrected chi connectivity index (χ0v) is 20.9. The molecule has 2 amide bonds. The predicted molar refractivity (Wildman–Crippen MR) is 141 cm³/mol. The largest absolute Gasteiger partial charge is 0.496 e. The maximum atomic E-state index is 12.8. The van der Waals surface area contributed by atoms with Crippen molar-refractivity contribution in [2.45, 2.75) is 32.9 Å². The number of nitrogens with one attached hydrogen (secondary N) is 2. The summed E-state index contributed by atoms with van der Waals surface area (Å²) in [5.41, 5.74) is 12.0. The van der Waals surface area contributed by atoms with Crippen molar-refractivity contribution >= 4 is 23.3 Å². The summed E-state index contributed by atoms with van der Waals surface area (Å²) in [5.74, 6) is 0.228. The van der Waals surface area contributed by atoms with Crippen molar-refractivity contribution in [3.8, 4) is 17.0 Å². The van der Waals surface area contributed by atoms with Crippen LogP contribution < -0.4 is 21.1 Å². The normalized spacial score (nSPS) is 12.9. The average Bonchev–Trinajstić information content (AvgIpc) is 3.17. The first-order chi connectivity index (χ1) is 17.9. The molecule has 5 rings (SSSR count). The molecule has 37 heavy (non-hydrogen) atoms. The molecule has 0 saturated heterocycles. The van der Waals surface area contributed by atoms with E-state index in [0.717, 1.165) is 23.2 Å². The molecule has 1 atom stereocenters. The SMILES string of the molecule is COc1ccncc1C(=O)N[C@H](C)c1ccc(-c2nn3c(c2C(N)=O)Nc2ccc(C)cc2CC3)cc1. The molecular formula is C28H28N6O3. The van der Waals surface area contributed by atoms with Crippen LogP contribution in [0.4, 0.5) is 11.5 Å². The van der Waals surface area contributed by atoms with E-state index < -0.39 is 5.91 Å². The van der Waals surface area contributed by atoms with Crippen molar-refractivity contribution in [1.29, 1.82) is 0 Å². The van der Waals surface area contributed by atoms with E-state index in [-0.39, 0.29) is 11.9 Å². The van der Waals surface area contributed by atoms with Crippen LogP contribution in [0.25, 0.3) is 11.3 Å². The summed E-state index contributed by atoms with van der Waals surface area (Å²) in [5, 5.41) is 11.1. The van der Waals surface area contributed by atoms with Gasteiger partial charge in [0.25, 0.3) is 11.8 Å². The number of aromatic nitrogens is 3. The molecule has 9 nitrogen and oxygen atoms in total. The zero-order valence-electron chi connectivity index (χ0n) is 20.9. The summed E-state index contributed by atoms with van der Waals surface area (Å²) in [4.78, 5) is 29.3. The molecule has 0 radical (unpaired) electrons. The van der Waals surface area contributed by atoms with E-state index in [1.54, 1.807) is 12.3 Å². The molecule has 2 aromatic heterocycles. The molecule has 3 heterocycles. The Morgan fingerprint density at radius 1 is 1.16 bits per heavy atom. The van der Waals surface area contributed by atoms with Crippen LogP contribution in [-0.2, 0) is 13.0 Å². The van der Waals surface area contributed by atoms with Crippen molar-refractivity contribution in [3.63, 3.8) is 0 Å². The monoisotopic (exact) mass is 496 g/mol. The lowest BCUT2D eigenvalue weighted by Gasteiger charge is -2.16. The van der Waals surface area contributed by atoms with Crippen LogP contribution in [0.1, 0.15) is 50.4 Å².